The fourth-order valence-corrected chi connectivity index (χ4v) is 3.21. The second-order valence-corrected chi connectivity index (χ2v) is 7.23. The molecule has 2 aromatic carbocycles. The molecule has 6 nitrogen and oxygen atoms in total. The first-order valence-corrected chi connectivity index (χ1v) is 10.6. The minimum absolute atomic E-state index is 0. The Bertz CT molecular complexity index is 1070. The quantitative estimate of drug-likeness (QED) is 0.399. The summed E-state index contributed by atoms with van der Waals surface area (Å²) in [7, 11) is 0. The Kier molecular flexibility index (Phi) is 12.6. The molecule has 3 aromatic rings. The van der Waals surface area contributed by atoms with Gasteiger partial charge in [0.1, 0.15) is 11.8 Å². The summed E-state index contributed by atoms with van der Waals surface area (Å²) in [6, 6.07) is 13.6. The molecule has 1 aromatic heterocycles. The van der Waals surface area contributed by atoms with Crippen LogP contribution in [-0.4, -0.2) is 22.5 Å². The smallest absolute Gasteiger partial charge is 0.542 e. The van der Waals surface area contributed by atoms with Crippen LogP contribution in [0.15, 0.2) is 40.9 Å². The van der Waals surface area contributed by atoms with E-state index in [1.807, 2.05) is 39.0 Å². The van der Waals surface area contributed by atoms with E-state index in [0.717, 1.165) is 24.8 Å². The molecular weight excluding hydrogens is 491 g/mol. The average Bonchev–Trinajstić information content (AvgIpc) is 3.44. The zero-order valence-electron chi connectivity index (χ0n) is 19.6. The van der Waals surface area contributed by atoms with E-state index < -0.39 is 0 Å². The number of fused-ring (bicyclic) bond motifs is 1. The van der Waals surface area contributed by atoms with E-state index >= 15 is 0 Å². The molecule has 7 heteroatoms. The molecule has 0 N–H and O–H groups in total. The van der Waals surface area contributed by atoms with Crippen LogP contribution >= 0.6 is 0 Å². The van der Waals surface area contributed by atoms with Crippen molar-refractivity contribution in [1.29, 1.82) is 5.26 Å². The summed E-state index contributed by atoms with van der Waals surface area (Å²) in [5.74, 6) is 1.53. The Morgan fingerprint density at radius 2 is 2.03 bits per heavy atom. The number of aromatic nitrogens is 2. The van der Waals surface area contributed by atoms with Gasteiger partial charge >= 0.3 is 32.7 Å². The first kappa shape index (κ1) is 28.5. The fraction of sp³-hybridized carbons (Fsp3) is 0.308. The van der Waals surface area contributed by atoms with Crippen LogP contribution in [0.5, 0.6) is 5.75 Å². The Morgan fingerprint density at radius 1 is 1.33 bits per heavy atom. The maximum absolute atomic E-state index is 9.39. The van der Waals surface area contributed by atoms with E-state index in [2.05, 4.69) is 35.6 Å². The van der Waals surface area contributed by atoms with Crippen LogP contribution in [0.2, 0.25) is 0 Å². The van der Waals surface area contributed by atoms with Gasteiger partial charge in [-0.1, -0.05) is 31.0 Å². The molecule has 0 radical (unpaired) electrons. The van der Waals surface area contributed by atoms with Crippen molar-refractivity contribution in [2.45, 2.75) is 53.1 Å². The molecule has 33 heavy (non-hydrogen) atoms. The number of nitriles is 1. The second kappa shape index (κ2) is 14.6. The van der Waals surface area contributed by atoms with Crippen molar-refractivity contribution in [3.63, 3.8) is 0 Å². The third-order valence-electron chi connectivity index (χ3n) is 4.35. The molecule has 0 aliphatic heterocycles. The van der Waals surface area contributed by atoms with Gasteiger partial charge in [0.15, 0.2) is 5.82 Å². The number of ether oxygens (including phenoxy) is 1. The van der Waals surface area contributed by atoms with Crippen LogP contribution in [-0.2, 0) is 43.9 Å². The zero-order chi connectivity index (χ0) is 23.5. The number of benzene rings is 2. The monoisotopic (exact) mass is 519 g/mol. The van der Waals surface area contributed by atoms with E-state index in [9.17, 15) is 5.26 Å². The second-order valence-electron chi connectivity index (χ2n) is 7.23. The van der Waals surface area contributed by atoms with Crippen molar-refractivity contribution in [2.24, 2.45) is 0 Å². The van der Waals surface area contributed by atoms with Gasteiger partial charge in [-0.25, -0.2) is 0 Å². The Labute approximate surface area is 221 Å². The van der Waals surface area contributed by atoms with E-state index in [1.54, 1.807) is 12.1 Å². The molecule has 0 amide bonds. The van der Waals surface area contributed by atoms with Gasteiger partial charge in [0.05, 0.1) is 11.7 Å². The third kappa shape index (κ3) is 7.80. The molecule has 0 bridgehead atoms. The first-order valence-electron chi connectivity index (χ1n) is 10.6. The Hall–Kier alpha value is -2.49. The minimum Gasteiger partial charge on any atom is -0.542 e. The summed E-state index contributed by atoms with van der Waals surface area (Å²) in [5.41, 5.74) is 4.67. The summed E-state index contributed by atoms with van der Waals surface area (Å²) in [5, 5.41) is 13.5. The normalized spacial score (nSPS) is 10.8. The third-order valence-corrected chi connectivity index (χ3v) is 4.35. The number of rotatable bonds is 4. The molecule has 0 saturated carbocycles. The minimum atomic E-state index is -0.0000579. The van der Waals surface area contributed by atoms with Crippen molar-refractivity contribution in [3.8, 4) is 34.7 Å². The van der Waals surface area contributed by atoms with E-state index in [4.69, 9.17) is 14.1 Å². The molecule has 0 atom stereocenters. The summed E-state index contributed by atoms with van der Waals surface area (Å²) in [4.78, 5) is 13.2. The molecule has 1 aliphatic rings. The number of hydrogen-bond donors (Lipinski definition) is 0. The topological polar surface area (TPSA) is 89.0 Å². The SMILES string of the molecule is CC(C)Oc1ccc(-c2nc(-c3cccc4c3CC[CH-]4)no2)cc1C#N.C[C-]=O.[CH2-]CC.[Y+3]. The van der Waals surface area contributed by atoms with Crippen molar-refractivity contribution < 1.29 is 46.8 Å². The molecule has 0 fully saturated rings. The summed E-state index contributed by atoms with van der Waals surface area (Å²) in [6.45, 7) is 10.7. The van der Waals surface area contributed by atoms with Crippen molar-refractivity contribution >= 4 is 6.29 Å². The molecule has 0 spiro atoms. The van der Waals surface area contributed by atoms with Crippen LogP contribution in [0.4, 0.5) is 0 Å². The van der Waals surface area contributed by atoms with Gasteiger partial charge in [-0.3, -0.25) is 6.29 Å². The van der Waals surface area contributed by atoms with Gasteiger partial charge in [-0.05, 0) is 37.6 Å². The van der Waals surface area contributed by atoms with Gasteiger partial charge in [-0.15, -0.1) is 11.6 Å². The molecule has 4 rings (SSSR count). The number of hydrogen-bond acceptors (Lipinski definition) is 6. The molecule has 168 valence electrons. The molecule has 0 saturated heterocycles. The number of nitrogens with zero attached hydrogens (tertiary/aromatic N) is 3. The maximum atomic E-state index is 9.39. The van der Waals surface area contributed by atoms with Gasteiger partial charge in [-0.2, -0.15) is 41.6 Å². The average molecular weight is 519 g/mol. The van der Waals surface area contributed by atoms with Crippen molar-refractivity contribution in [2.75, 3.05) is 0 Å². The Balaban J connectivity index is 0.000000706. The predicted molar refractivity (Wildman–Crippen MR) is 124 cm³/mol. The largest absolute Gasteiger partial charge is 3.00 e. The molecule has 1 aliphatic carbocycles. The standard InChI is InChI=1S/C21H18N3O2.C3H7.C2H3O.Y/c1-13(2)25-19-10-9-15(11-16(19)12-22)21-23-20(24-26-21)18-8-4-6-14-5-3-7-17(14)18;1-3-2;1-2-3;/h4-6,8-11,13H,3,7H2,1-2H3;1,3H2,2H3;1H3;/q3*-1;+3. The molecule has 1 heterocycles. The zero-order valence-corrected chi connectivity index (χ0v) is 22.4. The van der Waals surface area contributed by atoms with Crippen molar-refractivity contribution in [3.05, 3.63) is 66.4 Å². The van der Waals surface area contributed by atoms with E-state index in [-0.39, 0.29) is 38.8 Å². The first-order chi connectivity index (χ1) is 15.5. The van der Waals surface area contributed by atoms with Crippen LogP contribution in [0, 0.1) is 24.7 Å². The van der Waals surface area contributed by atoms with Gasteiger partial charge in [0.25, 0.3) is 5.89 Å². The van der Waals surface area contributed by atoms with Gasteiger partial charge in [0, 0.05) is 5.56 Å². The number of carbonyl (C=O) groups excluding carboxylic acids is 1. The van der Waals surface area contributed by atoms with Crippen LogP contribution in [0.25, 0.3) is 22.8 Å². The molecular formula is C26H28N3O3Y. The van der Waals surface area contributed by atoms with Gasteiger partial charge in [0.2, 0.25) is 0 Å². The Morgan fingerprint density at radius 3 is 2.67 bits per heavy atom. The summed E-state index contributed by atoms with van der Waals surface area (Å²) >= 11 is 0. The predicted octanol–water partition coefficient (Wildman–Crippen LogP) is 5.91. The summed E-state index contributed by atoms with van der Waals surface area (Å²) < 4.78 is 11.1. The summed E-state index contributed by atoms with van der Waals surface area (Å²) in [6.07, 6.45) is 6.77. The van der Waals surface area contributed by atoms with E-state index in [0.29, 0.717) is 28.6 Å². The van der Waals surface area contributed by atoms with Crippen LogP contribution in [0.3, 0.4) is 0 Å². The van der Waals surface area contributed by atoms with E-state index in [1.165, 1.54) is 24.3 Å². The van der Waals surface area contributed by atoms with Crippen LogP contribution < -0.4 is 4.74 Å². The van der Waals surface area contributed by atoms with Crippen molar-refractivity contribution in [1.82, 2.24) is 10.1 Å². The maximum Gasteiger partial charge on any atom is 3.00 e. The van der Waals surface area contributed by atoms with Gasteiger partial charge < -0.3 is 21.0 Å². The molecule has 0 unspecified atom stereocenters. The fourth-order valence-electron chi connectivity index (χ4n) is 3.21. The van der Waals surface area contributed by atoms with Crippen LogP contribution in [0.1, 0.15) is 57.2 Å².